The molecule has 0 N–H and O–H groups in total. The number of carbonyl (C=O) groups excluding carboxylic acids is 1. The molecule has 27 heavy (non-hydrogen) atoms. The maximum absolute atomic E-state index is 12.8. The molecule has 0 aliphatic carbocycles. The van der Waals surface area contributed by atoms with E-state index in [1.807, 2.05) is 24.3 Å². The monoisotopic (exact) mass is 382 g/mol. The zero-order chi connectivity index (χ0) is 19.4. The van der Waals surface area contributed by atoms with Crippen molar-refractivity contribution in [1.82, 2.24) is 4.31 Å². The van der Waals surface area contributed by atoms with Gasteiger partial charge in [0.15, 0.2) is 0 Å². The molecule has 0 bridgehead atoms. The highest BCUT2D eigenvalue weighted by molar-refractivity contribution is 7.89. The Bertz CT molecular complexity index is 955. The molecule has 5 nitrogen and oxygen atoms in total. The average Bonchev–Trinajstić information content (AvgIpc) is 3.11. The molecule has 0 saturated carbocycles. The van der Waals surface area contributed by atoms with Gasteiger partial charge in [-0.25, -0.2) is 8.42 Å². The van der Waals surface area contributed by atoms with Crippen LogP contribution in [-0.2, 0) is 16.4 Å². The van der Waals surface area contributed by atoms with Crippen molar-refractivity contribution in [3.63, 3.8) is 0 Å². The average molecular weight is 382 g/mol. The minimum Gasteiger partial charge on any atom is -0.308 e. The normalized spacial score (nSPS) is 13.4. The minimum atomic E-state index is -3.67. The molecule has 3 rings (SSSR count). The summed E-state index contributed by atoms with van der Waals surface area (Å²) < 4.78 is 26.8. The summed E-state index contributed by atoms with van der Waals surface area (Å²) in [5.74, 6) is -0.127. The number of fused-ring (bicyclic) bond motifs is 1. The molecule has 0 fully saturated rings. The molecular formula is C21H22N2O3S. The third-order valence-corrected chi connectivity index (χ3v) is 6.38. The van der Waals surface area contributed by atoms with E-state index in [0.717, 1.165) is 17.7 Å². The first-order chi connectivity index (χ1) is 13.0. The lowest BCUT2D eigenvalue weighted by Gasteiger charge is -2.20. The first-order valence-corrected chi connectivity index (χ1v) is 10.1. The molecule has 0 spiro atoms. The summed E-state index contributed by atoms with van der Waals surface area (Å²) in [7, 11) is -3.67. The van der Waals surface area contributed by atoms with E-state index in [4.69, 9.17) is 0 Å². The molecule has 0 aromatic heterocycles. The molecule has 6 heteroatoms. The van der Waals surface area contributed by atoms with Crippen molar-refractivity contribution in [2.24, 2.45) is 0 Å². The highest BCUT2D eigenvalue weighted by atomic mass is 32.2. The zero-order valence-corrected chi connectivity index (χ0v) is 15.9. The van der Waals surface area contributed by atoms with Gasteiger partial charge >= 0.3 is 0 Å². The van der Waals surface area contributed by atoms with Gasteiger partial charge in [-0.2, -0.15) is 4.31 Å². The fourth-order valence-electron chi connectivity index (χ4n) is 3.18. The van der Waals surface area contributed by atoms with Gasteiger partial charge in [0.25, 0.3) is 5.91 Å². The summed E-state index contributed by atoms with van der Waals surface area (Å²) in [6.45, 7) is 8.22. The molecule has 2 aromatic rings. The number of nitrogens with zero attached hydrogens (tertiary/aromatic N) is 2. The molecule has 0 atom stereocenters. The van der Waals surface area contributed by atoms with Crippen molar-refractivity contribution >= 4 is 21.6 Å². The highest BCUT2D eigenvalue weighted by Crippen LogP contribution is 2.29. The van der Waals surface area contributed by atoms with Crippen LogP contribution >= 0.6 is 0 Å². The fourth-order valence-corrected chi connectivity index (χ4v) is 4.56. The van der Waals surface area contributed by atoms with Crippen molar-refractivity contribution in [3.8, 4) is 0 Å². The second-order valence-electron chi connectivity index (χ2n) is 6.26. The van der Waals surface area contributed by atoms with Crippen LogP contribution in [0.3, 0.4) is 0 Å². The predicted molar refractivity (Wildman–Crippen MR) is 107 cm³/mol. The topological polar surface area (TPSA) is 57.7 Å². The summed E-state index contributed by atoms with van der Waals surface area (Å²) in [6.07, 6.45) is 3.89. The molecule has 1 aliphatic heterocycles. The molecule has 0 radical (unpaired) electrons. The standard InChI is InChI=1S/C21H22N2O3S/c1-3-14-22(15-4-2)27(25,26)19-11-9-18(10-12-19)21(24)23-16-13-17-7-5-6-8-20(17)23/h3-12H,1-2,13-16H2. The molecule has 2 aromatic carbocycles. The van der Waals surface area contributed by atoms with Crippen LogP contribution in [0.4, 0.5) is 5.69 Å². The molecular weight excluding hydrogens is 360 g/mol. The SMILES string of the molecule is C=CCN(CC=C)S(=O)(=O)c1ccc(C(=O)N2CCc3ccccc32)cc1. The number of benzene rings is 2. The quantitative estimate of drug-likeness (QED) is 0.691. The van der Waals surface area contributed by atoms with Gasteiger partial charge in [0, 0.05) is 30.9 Å². The maximum Gasteiger partial charge on any atom is 0.258 e. The number of hydrogen-bond donors (Lipinski definition) is 0. The van der Waals surface area contributed by atoms with Crippen LogP contribution in [0.2, 0.25) is 0 Å². The molecule has 0 unspecified atom stereocenters. The van der Waals surface area contributed by atoms with E-state index in [9.17, 15) is 13.2 Å². The third-order valence-electron chi connectivity index (χ3n) is 4.54. The van der Waals surface area contributed by atoms with E-state index in [1.165, 1.54) is 28.6 Å². The van der Waals surface area contributed by atoms with Crippen molar-refractivity contribution in [2.45, 2.75) is 11.3 Å². The molecule has 1 heterocycles. The van der Waals surface area contributed by atoms with Crippen molar-refractivity contribution in [1.29, 1.82) is 0 Å². The Kier molecular flexibility index (Phi) is 5.58. The largest absolute Gasteiger partial charge is 0.308 e. The molecule has 1 aliphatic rings. The molecule has 1 amide bonds. The molecule has 0 saturated heterocycles. The van der Waals surface area contributed by atoms with Gasteiger partial charge < -0.3 is 4.90 Å². The number of anilines is 1. The summed E-state index contributed by atoms with van der Waals surface area (Å²) >= 11 is 0. The van der Waals surface area contributed by atoms with E-state index in [1.54, 1.807) is 17.0 Å². The number of para-hydroxylation sites is 1. The van der Waals surface area contributed by atoms with Crippen LogP contribution in [0.15, 0.2) is 78.7 Å². The van der Waals surface area contributed by atoms with Gasteiger partial charge in [-0.3, -0.25) is 4.79 Å². The lowest BCUT2D eigenvalue weighted by molar-refractivity contribution is 0.0989. The van der Waals surface area contributed by atoms with Gasteiger partial charge in [0.1, 0.15) is 0 Å². The van der Waals surface area contributed by atoms with E-state index >= 15 is 0 Å². The van der Waals surface area contributed by atoms with Crippen LogP contribution in [0.25, 0.3) is 0 Å². The van der Waals surface area contributed by atoms with Gasteiger partial charge in [-0.1, -0.05) is 30.4 Å². The van der Waals surface area contributed by atoms with Crippen molar-refractivity contribution in [2.75, 3.05) is 24.5 Å². The smallest absolute Gasteiger partial charge is 0.258 e. The molecule has 140 valence electrons. The number of carbonyl (C=O) groups is 1. The van der Waals surface area contributed by atoms with Gasteiger partial charge in [0.2, 0.25) is 10.0 Å². The second kappa shape index (κ2) is 7.90. The van der Waals surface area contributed by atoms with Crippen LogP contribution in [-0.4, -0.2) is 38.3 Å². The predicted octanol–water partition coefficient (Wildman–Crippen LogP) is 3.25. The third kappa shape index (κ3) is 3.72. The first kappa shape index (κ1) is 19.1. The second-order valence-corrected chi connectivity index (χ2v) is 8.20. The zero-order valence-electron chi connectivity index (χ0n) is 15.0. The Morgan fingerprint density at radius 1 is 1.04 bits per heavy atom. The summed E-state index contributed by atoms with van der Waals surface area (Å²) in [6, 6.07) is 13.9. The lowest BCUT2D eigenvalue weighted by atomic mass is 10.1. The van der Waals surface area contributed by atoms with Crippen molar-refractivity contribution < 1.29 is 13.2 Å². The van der Waals surface area contributed by atoms with Gasteiger partial charge in [-0.05, 0) is 42.3 Å². The number of rotatable bonds is 7. The minimum absolute atomic E-state index is 0.127. The van der Waals surface area contributed by atoms with Gasteiger partial charge in [-0.15, -0.1) is 13.2 Å². The summed E-state index contributed by atoms with van der Waals surface area (Å²) in [4.78, 5) is 14.7. The Morgan fingerprint density at radius 3 is 2.30 bits per heavy atom. The maximum atomic E-state index is 12.8. The Balaban J connectivity index is 1.84. The van der Waals surface area contributed by atoms with E-state index in [2.05, 4.69) is 13.2 Å². The summed E-state index contributed by atoms with van der Waals surface area (Å²) in [5, 5.41) is 0. The summed E-state index contributed by atoms with van der Waals surface area (Å²) in [5.41, 5.74) is 2.53. The van der Waals surface area contributed by atoms with Crippen LogP contribution in [0, 0.1) is 0 Å². The van der Waals surface area contributed by atoms with Crippen LogP contribution in [0.1, 0.15) is 15.9 Å². The Labute approximate surface area is 160 Å². The number of amides is 1. The first-order valence-electron chi connectivity index (χ1n) is 8.71. The fraction of sp³-hybridized carbons (Fsp3) is 0.190. The van der Waals surface area contributed by atoms with E-state index in [0.29, 0.717) is 12.1 Å². The van der Waals surface area contributed by atoms with E-state index in [-0.39, 0.29) is 23.9 Å². The highest BCUT2D eigenvalue weighted by Gasteiger charge is 2.26. The van der Waals surface area contributed by atoms with Crippen molar-refractivity contribution in [3.05, 3.63) is 85.0 Å². The van der Waals surface area contributed by atoms with E-state index < -0.39 is 10.0 Å². The lowest BCUT2D eigenvalue weighted by Crippen LogP contribution is -2.31. The van der Waals surface area contributed by atoms with Crippen LogP contribution in [0.5, 0.6) is 0 Å². The Hall–Kier alpha value is -2.70. The van der Waals surface area contributed by atoms with Gasteiger partial charge in [0.05, 0.1) is 4.90 Å². The number of sulfonamides is 1. The van der Waals surface area contributed by atoms with Crippen LogP contribution < -0.4 is 4.90 Å². The number of hydrogen-bond acceptors (Lipinski definition) is 3. The Morgan fingerprint density at radius 2 is 1.67 bits per heavy atom.